The summed E-state index contributed by atoms with van der Waals surface area (Å²) in [7, 11) is 4.59. The van der Waals surface area contributed by atoms with Crippen molar-refractivity contribution < 1.29 is 14.2 Å². The number of hydrogen-bond acceptors (Lipinski definition) is 5. The lowest BCUT2D eigenvalue weighted by Gasteiger charge is -2.14. The molecule has 0 amide bonds. The Kier molecular flexibility index (Phi) is 4.29. The first-order chi connectivity index (χ1) is 9.60. The molecule has 20 heavy (non-hydrogen) atoms. The van der Waals surface area contributed by atoms with Gasteiger partial charge < -0.3 is 19.2 Å². The van der Waals surface area contributed by atoms with Gasteiger partial charge in [-0.3, -0.25) is 4.79 Å². The van der Waals surface area contributed by atoms with Crippen LogP contribution in [0.3, 0.4) is 0 Å². The van der Waals surface area contributed by atoms with E-state index in [2.05, 4.69) is 25.9 Å². The standard InChI is InChI=1S/C13H13BrN2O4/c1-18-7-4-9(19-2)11(10(5-7)20-3)12-15-6-8(14)13(17)16-12/h4-6H,1-3H3,(H,15,16,17). The normalized spacial score (nSPS) is 10.2. The van der Waals surface area contributed by atoms with Crippen LogP contribution < -0.4 is 19.8 Å². The molecule has 0 fully saturated rings. The van der Waals surface area contributed by atoms with Crippen molar-refractivity contribution in [1.82, 2.24) is 9.97 Å². The SMILES string of the molecule is COc1cc(OC)c(-c2ncc(Br)c(=O)[nH]2)c(OC)c1. The van der Waals surface area contributed by atoms with Crippen molar-refractivity contribution in [2.45, 2.75) is 0 Å². The van der Waals surface area contributed by atoms with Crippen LogP contribution in [0.1, 0.15) is 0 Å². The van der Waals surface area contributed by atoms with Crippen LogP contribution in [0.2, 0.25) is 0 Å². The summed E-state index contributed by atoms with van der Waals surface area (Å²) in [5.41, 5.74) is 0.273. The first-order valence-corrected chi connectivity index (χ1v) is 6.45. The predicted molar refractivity (Wildman–Crippen MR) is 77.6 cm³/mol. The number of aromatic amines is 1. The van der Waals surface area contributed by atoms with Gasteiger partial charge in [-0.15, -0.1) is 0 Å². The van der Waals surface area contributed by atoms with E-state index in [0.717, 1.165) is 0 Å². The summed E-state index contributed by atoms with van der Waals surface area (Å²) >= 11 is 3.11. The van der Waals surface area contributed by atoms with Gasteiger partial charge >= 0.3 is 0 Å². The fourth-order valence-electron chi connectivity index (χ4n) is 1.75. The average Bonchev–Trinajstić information content (AvgIpc) is 2.48. The average molecular weight is 341 g/mol. The van der Waals surface area contributed by atoms with E-state index in [0.29, 0.717) is 33.1 Å². The molecule has 2 rings (SSSR count). The van der Waals surface area contributed by atoms with E-state index in [4.69, 9.17) is 14.2 Å². The highest BCUT2D eigenvalue weighted by atomic mass is 79.9. The molecule has 0 saturated heterocycles. The maximum atomic E-state index is 11.7. The molecule has 2 aromatic rings. The van der Waals surface area contributed by atoms with Crippen LogP contribution in [0.15, 0.2) is 27.6 Å². The van der Waals surface area contributed by atoms with Crippen molar-refractivity contribution in [1.29, 1.82) is 0 Å². The second-order valence-electron chi connectivity index (χ2n) is 3.82. The van der Waals surface area contributed by atoms with Gasteiger partial charge in [0.05, 0.1) is 21.3 Å². The van der Waals surface area contributed by atoms with Gasteiger partial charge in [-0.1, -0.05) is 0 Å². The molecule has 0 aliphatic rings. The minimum atomic E-state index is -0.282. The number of H-pyrrole nitrogens is 1. The molecule has 0 unspecified atom stereocenters. The van der Waals surface area contributed by atoms with Gasteiger partial charge in [0.25, 0.3) is 5.56 Å². The van der Waals surface area contributed by atoms with Crippen LogP contribution in [0.25, 0.3) is 11.4 Å². The number of benzene rings is 1. The number of rotatable bonds is 4. The third kappa shape index (κ3) is 2.62. The molecule has 0 spiro atoms. The summed E-state index contributed by atoms with van der Waals surface area (Å²) in [6.07, 6.45) is 1.43. The minimum absolute atomic E-state index is 0.282. The van der Waals surface area contributed by atoms with Crippen molar-refractivity contribution in [2.75, 3.05) is 21.3 Å². The third-order valence-corrected chi connectivity index (χ3v) is 3.27. The summed E-state index contributed by atoms with van der Waals surface area (Å²) in [6, 6.07) is 3.39. The molecule has 0 bridgehead atoms. The maximum absolute atomic E-state index is 11.7. The highest BCUT2D eigenvalue weighted by molar-refractivity contribution is 9.10. The molecule has 0 saturated carbocycles. The van der Waals surface area contributed by atoms with Gasteiger partial charge in [0.2, 0.25) is 0 Å². The van der Waals surface area contributed by atoms with Crippen LogP contribution >= 0.6 is 15.9 Å². The van der Waals surface area contributed by atoms with E-state index in [1.807, 2.05) is 0 Å². The molecule has 0 atom stereocenters. The van der Waals surface area contributed by atoms with E-state index < -0.39 is 0 Å². The van der Waals surface area contributed by atoms with Gasteiger partial charge in [-0.25, -0.2) is 4.98 Å². The lowest BCUT2D eigenvalue weighted by Crippen LogP contribution is -2.10. The fraction of sp³-hybridized carbons (Fsp3) is 0.231. The highest BCUT2D eigenvalue weighted by Crippen LogP contribution is 2.39. The Bertz CT molecular complexity index is 659. The number of ether oxygens (including phenoxy) is 3. The van der Waals surface area contributed by atoms with Crippen LogP contribution in [0.5, 0.6) is 17.2 Å². The summed E-state index contributed by atoms with van der Waals surface area (Å²) in [5.74, 6) is 1.93. The third-order valence-electron chi connectivity index (χ3n) is 2.71. The van der Waals surface area contributed by atoms with Gasteiger partial charge in [0.1, 0.15) is 33.1 Å². The number of hydrogen-bond donors (Lipinski definition) is 1. The van der Waals surface area contributed by atoms with Crippen molar-refractivity contribution in [2.24, 2.45) is 0 Å². The summed E-state index contributed by atoms with van der Waals surface area (Å²) in [6.45, 7) is 0. The Morgan fingerprint density at radius 1 is 1.10 bits per heavy atom. The van der Waals surface area contributed by atoms with Crippen LogP contribution in [-0.2, 0) is 0 Å². The quantitative estimate of drug-likeness (QED) is 0.923. The lowest BCUT2D eigenvalue weighted by molar-refractivity contribution is 0.377. The van der Waals surface area contributed by atoms with Gasteiger partial charge in [0, 0.05) is 18.3 Å². The molecule has 1 N–H and O–H groups in total. The van der Waals surface area contributed by atoms with Crippen molar-refractivity contribution in [3.8, 4) is 28.6 Å². The molecule has 1 heterocycles. The van der Waals surface area contributed by atoms with Crippen molar-refractivity contribution in [3.05, 3.63) is 33.2 Å². The summed E-state index contributed by atoms with van der Waals surface area (Å²) in [5, 5.41) is 0. The van der Waals surface area contributed by atoms with Crippen LogP contribution in [0, 0.1) is 0 Å². The predicted octanol–water partition coefficient (Wildman–Crippen LogP) is 2.23. The highest BCUT2D eigenvalue weighted by Gasteiger charge is 2.17. The molecule has 0 aliphatic heterocycles. The van der Waals surface area contributed by atoms with E-state index in [9.17, 15) is 4.79 Å². The number of nitrogens with one attached hydrogen (secondary N) is 1. The van der Waals surface area contributed by atoms with Crippen LogP contribution in [0.4, 0.5) is 0 Å². The zero-order valence-corrected chi connectivity index (χ0v) is 12.8. The molecule has 0 radical (unpaired) electrons. The van der Waals surface area contributed by atoms with Crippen molar-refractivity contribution in [3.63, 3.8) is 0 Å². The molecule has 7 heteroatoms. The Morgan fingerprint density at radius 3 is 2.15 bits per heavy atom. The monoisotopic (exact) mass is 340 g/mol. The van der Waals surface area contributed by atoms with E-state index in [1.54, 1.807) is 19.2 Å². The number of halogens is 1. The van der Waals surface area contributed by atoms with E-state index in [-0.39, 0.29) is 5.56 Å². The molecule has 1 aromatic carbocycles. The fourth-order valence-corrected chi connectivity index (χ4v) is 1.95. The van der Waals surface area contributed by atoms with Gasteiger partial charge in [0.15, 0.2) is 0 Å². The van der Waals surface area contributed by atoms with Crippen LogP contribution in [-0.4, -0.2) is 31.3 Å². The van der Waals surface area contributed by atoms with Gasteiger partial charge in [-0.2, -0.15) is 0 Å². The molecular weight excluding hydrogens is 328 g/mol. The maximum Gasteiger partial charge on any atom is 0.265 e. The number of nitrogens with zero attached hydrogens (tertiary/aromatic N) is 1. The zero-order chi connectivity index (χ0) is 14.7. The number of methoxy groups -OCH3 is 3. The Hall–Kier alpha value is -2.02. The summed E-state index contributed by atoms with van der Waals surface area (Å²) in [4.78, 5) is 18.5. The van der Waals surface area contributed by atoms with E-state index >= 15 is 0 Å². The Morgan fingerprint density at radius 2 is 1.70 bits per heavy atom. The largest absolute Gasteiger partial charge is 0.496 e. The molecule has 0 aliphatic carbocycles. The molecule has 6 nitrogen and oxygen atoms in total. The minimum Gasteiger partial charge on any atom is -0.496 e. The Balaban J connectivity index is 2.70. The Labute approximate surface area is 123 Å². The summed E-state index contributed by atoms with van der Waals surface area (Å²) < 4.78 is 16.2. The lowest BCUT2D eigenvalue weighted by atomic mass is 10.1. The topological polar surface area (TPSA) is 73.4 Å². The molecule has 106 valence electrons. The smallest absolute Gasteiger partial charge is 0.265 e. The molecule has 1 aromatic heterocycles. The van der Waals surface area contributed by atoms with E-state index in [1.165, 1.54) is 20.4 Å². The number of aromatic nitrogens is 2. The van der Waals surface area contributed by atoms with Crippen molar-refractivity contribution >= 4 is 15.9 Å². The molecular formula is C13H13BrN2O4. The first-order valence-electron chi connectivity index (χ1n) is 5.66. The second kappa shape index (κ2) is 5.96. The zero-order valence-electron chi connectivity index (χ0n) is 11.2. The second-order valence-corrected chi connectivity index (χ2v) is 4.67. The van der Waals surface area contributed by atoms with Gasteiger partial charge in [-0.05, 0) is 15.9 Å². The first kappa shape index (κ1) is 14.4.